The van der Waals surface area contributed by atoms with Gasteiger partial charge >= 0.3 is 0 Å². The zero-order chi connectivity index (χ0) is 12.5. The second-order valence-electron chi connectivity index (χ2n) is 4.09. The predicted molar refractivity (Wildman–Crippen MR) is 60.8 cm³/mol. The molecule has 1 aromatic heterocycles. The molecule has 0 radical (unpaired) electrons. The number of carbonyl (C=O) groups excluding carboxylic acids is 1. The van der Waals surface area contributed by atoms with Crippen molar-refractivity contribution in [2.75, 3.05) is 13.2 Å². The maximum Gasteiger partial charge on any atom is 0.203 e. The summed E-state index contributed by atoms with van der Waals surface area (Å²) in [6.07, 6.45) is -0.384. The van der Waals surface area contributed by atoms with Crippen molar-refractivity contribution >= 4 is 16.8 Å². The Labute approximate surface area is 102 Å². The summed E-state index contributed by atoms with van der Waals surface area (Å²) in [5.74, 6) is -0.363. The van der Waals surface area contributed by atoms with Crippen LogP contribution in [-0.2, 0) is 9.47 Å². The van der Waals surface area contributed by atoms with E-state index in [-0.39, 0.29) is 23.8 Å². The van der Waals surface area contributed by atoms with Crippen LogP contribution in [0.25, 0.3) is 11.0 Å². The molecule has 5 heteroatoms. The Hall–Kier alpha value is -1.72. The van der Waals surface area contributed by atoms with Crippen molar-refractivity contribution in [3.8, 4) is 0 Å². The van der Waals surface area contributed by atoms with E-state index in [2.05, 4.69) is 0 Å². The third-order valence-corrected chi connectivity index (χ3v) is 2.80. The molecule has 94 valence electrons. The molecule has 0 atom stereocenters. The number of hydrogen-bond acceptors (Lipinski definition) is 4. The summed E-state index contributed by atoms with van der Waals surface area (Å²) in [5.41, 5.74) is 0.494. The van der Waals surface area contributed by atoms with Crippen LogP contribution in [0.15, 0.2) is 28.7 Å². The van der Waals surface area contributed by atoms with Gasteiger partial charge in [-0.05, 0) is 24.3 Å². The predicted octanol–water partition coefficient (Wildman–Crippen LogP) is 2.52. The van der Waals surface area contributed by atoms with Gasteiger partial charge in [0.15, 0.2) is 12.1 Å². The van der Waals surface area contributed by atoms with E-state index in [9.17, 15) is 9.18 Å². The van der Waals surface area contributed by atoms with Crippen molar-refractivity contribution in [3.63, 3.8) is 0 Å². The van der Waals surface area contributed by atoms with Gasteiger partial charge in [0.25, 0.3) is 0 Å². The second kappa shape index (κ2) is 4.51. The third-order valence-electron chi connectivity index (χ3n) is 2.80. The minimum atomic E-state index is -0.498. The van der Waals surface area contributed by atoms with Gasteiger partial charge in [0.2, 0.25) is 5.78 Å². The highest BCUT2D eigenvalue weighted by molar-refractivity contribution is 5.97. The molecule has 0 bridgehead atoms. The van der Waals surface area contributed by atoms with Crippen molar-refractivity contribution in [2.45, 2.75) is 12.7 Å². The first-order valence-electron chi connectivity index (χ1n) is 5.68. The highest BCUT2D eigenvalue weighted by Crippen LogP contribution is 2.22. The SMILES string of the molecule is O=C(CC1OCCO1)c1cc2cc(F)ccc2o1. The molecule has 3 rings (SSSR count). The average molecular weight is 250 g/mol. The van der Waals surface area contributed by atoms with E-state index in [1.807, 2.05) is 0 Å². The van der Waals surface area contributed by atoms with Crippen LogP contribution in [0.1, 0.15) is 17.0 Å². The van der Waals surface area contributed by atoms with Crippen molar-refractivity contribution < 1.29 is 23.1 Å². The number of halogens is 1. The van der Waals surface area contributed by atoms with Gasteiger partial charge in [-0.3, -0.25) is 4.79 Å². The van der Waals surface area contributed by atoms with Gasteiger partial charge in [0, 0.05) is 5.39 Å². The van der Waals surface area contributed by atoms with Crippen LogP contribution in [0.3, 0.4) is 0 Å². The van der Waals surface area contributed by atoms with Crippen molar-refractivity contribution in [2.24, 2.45) is 0 Å². The number of ether oxygens (including phenoxy) is 2. The highest BCUT2D eigenvalue weighted by atomic mass is 19.1. The Morgan fingerprint density at radius 2 is 2.06 bits per heavy atom. The molecule has 18 heavy (non-hydrogen) atoms. The lowest BCUT2D eigenvalue weighted by atomic mass is 10.2. The number of Topliss-reactive ketones (excluding diaryl/α,β-unsaturated/α-hetero) is 1. The van der Waals surface area contributed by atoms with E-state index in [1.165, 1.54) is 24.3 Å². The zero-order valence-electron chi connectivity index (χ0n) is 9.52. The van der Waals surface area contributed by atoms with Crippen LogP contribution in [0, 0.1) is 5.82 Å². The quantitative estimate of drug-likeness (QED) is 0.785. The number of carbonyl (C=O) groups is 1. The van der Waals surface area contributed by atoms with Gasteiger partial charge in [0.05, 0.1) is 19.6 Å². The average Bonchev–Trinajstić information content (AvgIpc) is 2.96. The number of furan rings is 1. The largest absolute Gasteiger partial charge is 0.453 e. The topological polar surface area (TPSA) is 48.7 Å². The van der Waals surface area contributed by atoms with Crippen LogP contribution >= 0.6 is 0 Å². The zero-order valence-corrected chi connectivity index (χ0v) is 9.52. The van der Waals surface area contributed by atoms with E-state index in [1.54, 1.807) is 0 Å². The van der Waals surface area contributed by atoms with Crippen molar-refractivity contribution in [3.05, 3.63) is 35.8 Å². The Kier molecular flexibility index (Phi) is 2.85. The summed E-state index contributed by atoms with van der Waals surface area (Å²) in [6.45, 7) is 1.01. The van der Waals surface area contributed by atoms with Gasteiger partial charge in [-0.2, -0.15) is 0 Å². The summed E-state index contributed by atoms with van der Waals surface area (Å²) in [7, 11) is 0. The number of ketones is 1. The number of hydrogen-bond donors (Lipinski definition) is 0. The monoisotopic (exact) mass is 250 g/mol. The van der Waals surface area contributed by atoms with Crippen LogP contribution in [0.5, 0.6) is 0 Å². The van der Waals surface area contributed by atoms with Gasteiger partial charge in [0.1, 0.15) is 11.4 Å². The highest BCUT2D eigenvalue weighted by Gasteiger charge is 2.22. The van der Waals surface area contributed by atoms with Crippen LogP contribution in [-0.4, -0.2) is 25.3 Å². The van der Waals surface area contributed by atoms with Crippen LogP contribution in [0.2, 0.25) is 0 Å². The molecule has 1 saturated heterocycles. The molecule has 0 N–H and O–H groups in total. The Balaban J connectivity index is 1.82. The lowest BCUT2D eigenvalue weighted by Gasteiger charge is -2.05. The molecular formula is C13H11FO4. The Morgan fingerprint density at radius 1 is 1.28 bits per heavy atom. The van der Waals surface area contributed by atoms with E-state index in [0.717, 1.165) is 0 Å². The van der Waals surface area contributed by atoms with Crippen LogP contribution < -0.4 is 0 Å². The van der Waals surface area contributed by atoms with Gasteiger partial charge < -0.3 is 13.9 Å². The number of benzene rings is 1. The normalized spacial score (nSPS) is 16.5. The van der Waals surface area contributed by atoms with Crippen molar-refractivity contribution in [1.82, 2.24) is 0 Å². The van der Waals surface area contributed by atoms with Crippen molar-refractivity contribution in [1.29, 1.82) is 0 Å². The molecule has 1 aromatic carbocycles. The van der Waals surface area contributed by atoms with E-state index < -0.39 is 6.29 Å². The van der Waals surface area contributed by atoms with Gasteiger partial charge in [-0.15, -0.1) is 0 Å². The second-order valence-corrected chi connectivity index (χ2v) is 4.09. The Morgan fingerprint density at radius 3 is 2.83 bits per heavy atom. The van der Waals surface area contributed by atoms with Gasteiger partial charge in [-0.1, -0.05) is 0 Å². The standard InChI is InChI=1S/C13H11FO4/c14-9-1-2-11-8(5-9)6-12(18-11)10(15)7-13-16-3-4-17-13/h1-2,5-6,13H,3-4,7H2. The van der Waals surface area contributed by atoms with E-state index >= 15 is 0 Å². The molecule has 0 saturated carbocycles. The maximum absolute atomic E-state index is 13.0. The fourth-order valence-electron chi connectivity index (χ4n) is 1.93. The summed E-state index contributed by atoms with van der Waals surface area (Å²) >= 11 is 0. The molecule has 1 fully saturated rings. The summed E-state index contributed by atoms with van der Waals surface area (Å²) in [4.78, 5) is 11.9. The summed E-state index contributed by atoms with van der Waals surface area (Å²) in [5, 5.41) is 0.576. The van der Waals surface area contributed by atoms with E-state index in [4.69, 9.17) is 13.9 Å². The number of fused-ring (bicyclic) bond motifs is 1. The smallest absolute Gasteiger partial charge is 0.203 e. The van der Waals surface area contributed by atoms with Gasteiger partial charge in [-0.25, -0.2) is 4.39 Å². The minimum Gasteiger partial charge on any atom is -0.453 e. The molecule has 2 aromatic rings. The lowest BCUT2D eigenvalue weighted by molar-refractivity contribution is -0.0411. The number of rotatable bonds is 3. The molecule has 1 aliphatic rings. The Bertz CT molecular complexity index is 584. The first-order valence-corrected chi connectivity index (χ1v) is 5.68. The van der Waals surface area contributed by atoms with E-state index in [0.29, 0.717) is 24.2 Å². The summed E-state index contributed by atoms with van der Waals surface area (Å²) < 4.78 is 28.8. The molecule has 0 amide bonds. The molecule has 0 unspecified atom stereocenters. The molecule has 0 aliphatic carbocycles. The molecule has 4 nitrogen and oxygen atoms in total. The molecular weight excluding hydrogens is 239 g/mol. The maximum atomic E-state index is 13.0. The first kappa shape index (κ1) is 11.4. The van der Waals surface area contributed by atoms with Crippen LogP contribution in [0.4, 0.5) is 4.39 Å². The molecule has 2 heterocycles. The fraction of sp³-hybridized carbons (Fsp3) is 0.308. The third kappa shape index (κ3) is 2.14. The lowest BCUT2D eigenvalue weighted by Crippen LogP contribution is -2.13. The minimum absolute atomic E-state index is 0.113. The molecule has 0 spiro atoms. The molecule has 1 aliphatic heterocycles. The fourth-order valence-corrected chi connectivity index (χ4v) is 1.93. The summed E-state index contributed by atoms with van der Waals surface area (Å²) in [6, 6.07) is 5.67. The first-order chi connectivity index (χ1) is 8.72.